The molecule has 1 aromatic heterocycles. The largest absolute Gasteiger partial charge is 0.454 e. The number of rotatable bonds is 10. The van der Waals surface area contributed by atoms with Crippen molar-refractivity contribution in [2.75, 3.05) is 23.9 Å². The molecule has 2 N–H and O–H groups in total. The first-order chi connectivity index (χ1) is 16.9. The summed E-state index contributed by atoms with van der Waals surface area (Å²) in [5.41, 5.74) is 2.67. The summed E-state index contributed by atoms with van der Waals surface area (Å²) >= 11 is 1.55. The van der Waals surface area contributed by atoms with Crippen LogP contribution in [0.25, 0.3) is 0 Å². The lowest BCUT2D eigenvalue weighted by molar-refractivity contribution is -0.149. The molecule has 1 atom stereocenters. The Morgan fingerprint density at radius 2 is 1.89 bits per heavy atom. The van der Waals surface area contributed by atoms with Crippen molar-refractivity contribution in [1.29, 1.82) is 5.26 Å². The van der Waals surface area contributed by atoms with Crippen LogP contribution >= 0.6 is 11.8 Å². The molecule has 1 saturated carbocycles. The van der Waals surface area contributed by atoms with Crippen LogP contribution in [-0.2, 0) is 14.3 Å². The van der Waals surface area contributed by atoms with E-state index in [4.69, 9.17) is 4.74 Å². The minimum atomic E-state index is -0.871. The maximum Gasteiger partial charge on any atom is 0.329 e. The van der Waals surface area contributed by atoms with Crippen LogP contribution in [0.5, 0.6) is 0 Å². The van der Waals surface area contributed by atoms with Gasteiger partial charge in [-0.1, -0.05) is 31.0 Å². The van der Waals surface area contributed by atoms with Gasteiger partial charge in [0.2, 0.25) is 0 Å². The number of carbonyl (C=O) groups is 3. The Bertz CT molecular complexity index is 1100. The van der Waals surface area contributed by atoms with Gasteiger partial charge in [0.25, 0.3) is 11.8 Å². The molecule has 1 unspecified atom stereocenters. The normalized spacial score (nSPS) is 14.2. The fourth-order valence-electron chi connectivity index (χ4n) is 4.43. The van der Waals surface area contributed by atoms with Crippen molar-refractivity contribution in [1.82, 2.24) is 9.88 Å². The molecule has 0 spiro atoms. The second-order valence-electron chi connectivity index (χ2n) is 8.68. The van der Waals surface area contributed by atoms with Gasteiger partial charge in [-0.25, -0.2) is 4.79 Å². The van der Waals surface area contributed by atoms with Crippen molar-refractivity contribution >= 4 is 35.4 Å². The molecule has 1 fully saturated rings. The molecule has 1 aliphatic rings. The number of hydrogen-bond acceptors (Lipinski definition) is 6. The highest BCUT2D eigenvalue weighted by atomic mass is 32.2. The van der Waals surface area contributed by atoms with Gasteiger partial charge in [-0.15, -0.1) is 0 Å². The predicted octanol–water partition coefficient (Wildman–Crippen LogP) is 4.13. The molecule has 0 aliphatic heterocycles. The maximum atomic E-state index is 12.8. The lowest BCUT2D eigenvalue weighted by atomic mass is 10.1. The van der Waals surface area contributed by atoms with Crippen LogP contribution in [0.2, 0.25) is 0 Å². The van der Waals surface area contributed by atoms with Crippen molar-refractivity contribution in [2.24, 2.45) is 0 Å². The highest BCUT2D eigenvalue weighted by molar-refractivity contribution is 7.98. The number of nitriles is 1. The first-order valence-electron chi connectivity index (χ1n) is 11.8. The van der Waals surface area contributed by atoms with E-state index in [-0.39, 0.29) is 11.9 Å². The van der Waals surface area contributed by atoms with E-state index in [9.17, 15) is 19.6 Å². The first kappa shape index (κ1) is 26.4. The molecule has 0 saturated heterocycles. The Morgan fingerprint density at radius 3 is 2.51 bits per heavy atom. The minimum absolute atomic E-state index is 0.234. The summed E-state index contributed by atoms with van der Waals surface area (Å²) in [5, 5.41) is 15.2. The molecule has 186 valence electrons. The Morgan fingerprint density at radius 1 is 1.20 bits per heavy atom. The highest BCUT2D eigenvalue weighted by Crippen LogP contribution is 2.37. The summed E-state index contributed by atoms with van der Waals surface area (Å²) in [6.45, 7) is 3.32. The number of esters is 1. The molecule has 1 aliphatic carbocycles. The van der Waals surface area contributed by atoms with E-state index in [0.717, 1.165) is 36.9 Å². The SMILES string of the molecule is CSCCC(NC(=O)c1ccccc1)C(=O)OCC(=O)Nc1c(C#N)c(C)c(C)n1C1CCCC1. The van der Waals surface area contributed by atoms with Crippen molar-refractivity contribution in [3.63, 3.8) is 0 Å². The smallest absolute Gasteiger partial charge is 0.329 e. The van der Waals surface area contributed by atoms with Crippen LogP contribution in [0.3, 0.4) is 0 Å². The number of nitrogens with one attached hydrogen (secondary N) is 2. The van der Waals surface area contributed by atoms with Crippen LogP contribution in [0.15, 0.2) is 30.3 Å². The maximum absolute atomic E-state index is 12.8. The van der Waals surface area contributed by atoms with Crippen LogP contribution in [0.4, 0.5) is 5.82 Å². The van der Waals surface area contributed by atoms with Gasteiger partial charge in [-0.2, -0.15) is 17.0 Å². The number of benzene rings is 1. The van der Waals surface area contributed by atoms with E-state index in [0.29, 0.717) is 29.1 Å². The fourth-order valence-corrected chi connectivity index (χ4v) is 4.90. The van der Waals surface area contributed by atoms with E-state index in [1.165, 1.54) is 0 Å². The number of ether oxygens (including phenoxy) is 1. The number of aromatic nitrogens is 1. The Hall–Kier alpha value is -3.25. The predicted molar refractivity (Wildman–Crippen MR) is 136 cm³/mol. The van der Waals surface area contributed by atoms with Crippen LogP contribution < -0.4 is 10.6 Å². The standard InChI is InChI=1S/C26H32N4O4S/c1-17-18(2)30(20-11-7-8-12-20)24(21(17)15-27)29-23(31)16-34-26(33)22(13-14-35-3)28-25(32)19-9-5-4-6-10-19/h4-6,9-10,20,22H,7-8,11-14,16H2,1-3H3,(H,28,32)(H,29,31). The molecule has 8 nitrogen and oxygen atoms in total. The molecule has 0 bridgehead atoms. The second-order valence-corrected chi connectivity index (χ2v) is 9.67. The lowest BCUT2D eigenvalue weighted by Crippen LogP contribution is -2.43. The number of nitrogens with zero attached hydrogens (tertiary/aromatic N) is 2. The molecule has 0 radical (unpaired) electrons. The summed E-state index contributed by atoms with van der Waals surface area (Å²) in [5.74, 6) is -0.467. The molecule has 2 aromatic rings. The van der Waals surface area contributed by atoms with Gasteiger partial charge in [0.15, 0.2) is 6.61 Å². The third-order valence-electron chi connectivity index (χ3n) is 6.40. The van der Waals surface area contributed by atoms with E-state index in [1.807, 2.05) is 24.7 Å². The summed E-state index contributed by atoms with van der Waals surface area (Å²) in [6.07, 6.45) is 6.50. The fraction of sp³-hybridized carbons (Fsp3) is 0.462. The summed E-state index contributed by atoms with van der Waals surface area (Å²) in [4.78, 5) is 38.0. The van der Waals surface area contributed by atoms with Gasteiger partial charge in [-0.05, 0) is 62.8 Å². The molecule has 1 heterocycles. The molecule has 3 rings (SSSR count). The van der Waals surface area contributed by atoms with Gasteiger partial charge in [0.05, 0.1) is 5.56 Å². The lowest BCUT2D eigenvalue weighted by Gasteiger charge is -2.20. The van der Waals surface area contributed by atoms with Crippen molar-refractivity contribution < 1.29 is 19.1 Å². The number of anilines is 1. The zero-order chi connectivity index (χ0) is 25.4. The second kappa shape index (κ2) is 12.5. The number of thioether (sulfide) groups is 1. The molecular formula is C26H32N4O4S. The first-order valence-corrected chi connectivity index (χ1v) is 13.2. The van der Waals surface area contributed by atoms with E-state index < -0.39 is 24.5 Å². The van der Waals surface area contributed by atoms with Crippen LogP contribution in [0.1, 0.15) is 65.3 Å². The zero-order valence-electron chi connectivity index (χ0n) is 20.4. The Balaban J connectivity index is 1.66. The van der Waals surface area contributed by atoms with Gasteiger partial charge >= 0.3 is 5.97 Å². The van der Waals surface area contributed by atoms with E-state index >= 15 is 0 Å². The molecule has 1 aromatic carbocycles. The topological polar surface area (TPSA) is 113 Å². The van der Waals surface area contributed by atoms with E-state index in [2.05, 4.69) is 16.7 Å². The Labute approximate surface area is 210 Å². The van der Waals surface area contributed by atoms with Crippen LogP contribution in [0, 0.1) is 25.2 Å². The third kappa shape index (κ3) is 6.45. The molecule has 9 heteroatoms. The van der Waals surface area contributed by atoms with Crippen molar-refractivity contribution in [3.8, 4) is 6.07 Å². The highest BCUT2D eigenvalue weighted by Gasteiger charge is 2.28. The molecular weight excluding hydrogens is 464 g/mol. The Kier molecular flexibility index (Phi) is 9.38. The van der Waals surface area contributed by atoms with Gasteiger partial charge < -0.3 is 19.9 Å². The summed E-state index contributed by atoms with van der Waals surface area (Å²) in [7, 11) is 0. The number of hydrogen-bond donors (Lipinski definition) is 2. The van der Waals surface area contributed by atoms with E-state index in [1.54, 1.807) is 42.1 Å². The summed E-state index contributed by atoms with van der Waals surface area (Å²) in [6, 6.07) is 10.2. The number of carbonyl (C=O) groups excluding carboxylic acids is 3. The quantitative estimate of drug-likeness (QED) is 0.478. The van der Waals surface area contributed by atoms with Crippen molar-refractivity contribution in [2.45, 2.75) is 58.0 Å². The molecule has 2 amide bonds. The minimum Gasteiger partial charge on any atom is -0.454 e. The number of amides is 2. The van der Waals surface area contributed by atoms with Gasteiger partial charge in [-0.3, -0.25) is 9.59 Å². The van der Waals surface area contributed by atoms with Crippen molar-refractivity contribution in [3.05, 3.63) is 52.7 Å². The summed E-state index contributed by atoms with van der Waals surface area (Å²) < 4.78 is 7.32. The average molecular weight is 497 g/mol. The monoisotopic (exact) mass is 496 g/mol. The average Bonchev–Trinajstić information content (AvgIpc) is 3.47. The van der Waals surface area contributed by atoms with Gasteiger partial charge in [0, 0.05) is 17.3 Å². The van der Waals surface area contributed by atoms with Gasteiger partial charge in [0.1, 0.15) is 17.9 Å². The molecule has 35 heavy (non-hydrogen) atoms. The zero-order valence-corrected chi connectivity index (χ0v) is 21.2. The van der Waals surface area contributed by atoms with Crippen LogP contribution in [-0.4, -0.2) is 47.0 Å². The third-order valence-corrected chi connectivity index (χ3v) is 7.04.